The molecule has 0 saturated carbocycles. The van der Waals surface area contributed by atoms with E-state index >= 15 is 0 Å². The molecule has 0 unspecified atom stereocenters. The molecule has 0 atom stereocenters. The molecule has 0 radical (unpaired) electrons. The molecule has 2 aromatic heterocycles. The van der Waals surface area contributed by atoms with E-state index in [1.807, 2.05) is 31.2 Å². The number of aryl methyl sites for hydroxylation is 2. The van der Waals surface area contributed by atoms with Crippen LogP contribution in [0.15, 0.2) is 35.1 Å². The molecule has 8 nitrogen and oxygen atoms in total. The fourth-order valence-electron chi connectivity index (χ4n) is 2.58. The van der Waals surface area contributed by atoms with E-state index in [-0.39, 0.29) is 30.4 Å². The van der Waals surface area contributed by atoms with Crippen LogP contribution in [0.2, 0.25) is 0 Å². The third-order valence-electron chi connectivity index (χ3n) is 3.69. The molecule has 1 aromatic carbocycles. The lowest BCUT2D eigenvalue weighted by Crippen LogP contribution is -2.33. The highest BCUT2D eigenvalue weighted by molar-refractivity contribution is 5.94. The van der Waals surface area contributed by atoms with Crippen molar-refractivity contribution >= 4 is 17.4 Å². The van der Waals surface area contributed by atoms with Crippen LogP contribution in [0.1, 0.15) is 17.1 Å². The van der Waals surface area contributed by atoms with Crippen molar-refractivity contribution in [2.24, 2.45) is 0 Å². The Kier molecular flexibility index (Phi) is 4.62. The van der Waals surface area contributed by atoms with Gasteiger partial charge in [-0.05, 0) is 31.5 Å². The number of carbonyl (C=O) groups is 1. The molecule has 0 aliphatic heterocycles. The van der Waals surface area contributed by atoms with Gasteiger partial charge in [-0.1, -0.05) is 12.1 Å². The Morgan fingerprint density at radius 2 is 2.08 bits per heavy atom. The first-order valence-electron chi connectivity index (χ1n) is 7.79. The van der Waals surface area contributed by atoms with Crippen molar-refractivity contribution < 1.29 is 9.53 Å². The number of hydrogen-bond donors (Lipinski definition) is 1. The Bertz CT molecular complexity index is 976. The molecule has 1 N–H and O–H groups in total. The third kappa shape index (κ3) is 3.58. The van der Waals surface area contributed by atoms with Gasteiger partial charge in [0, 0.05) is 24.6 Å². The van der Waals surface area contributed by atoms with Gasteiger partial charge in [-0.25, -0.2) is 4.98 Å². The summed E-state index contributed by atoms with van der Waals surface area (Å²) in [6, 6.07) is 9.01. The minimum atomic E-state index is -0.244. The monoisotopic (exact) mass is 341 g/mol. The molecule has 1 amide bonds. The van der Waals surface area contributed by atoms with Crippen LogP contribution in [-0.4, -0.2) is 39.2 Å². The summed E-state index contributed by atoms with van der Waals surface area (Å²) in [6.45, 7) is 3.81. The van der Waals surface area contributed by atoms with Gasteiger partial charge in [0.1, 0.15) is 12.4 Å². The molecule has 0 bridgehead atoms. The topological polar surface area (TPSA) is 92.6 Å². The van der Waals surface area contributed by atoms with Gasteiger partial charge in [-0.15, -0.1) is 0 Å². The van der Waals surface area contributed by atoms with Gasteiger partial charge in [0.05, 0.1) is 6.54 Å². The molecular weight excluding hydrogens is 322 g/mol. The average Bonchev–Trinajstić information content (AvgIpc) is 2.95. The quantitative estimate of drug-likeness (QED) is 0.753. The molecule has 8 heteroatoms. The number of fused-ring (bicyclic) bond motifs is 1. The fraction of sp³-hybridized carbons (Fsp3) is 0.294. The van der Waals surface area contributed by atoms with Gasteiger partial charge in [0.2, 0.25) is 0 Å². The minimum Gasteiger partial charge on any atom is -0.375 e. The zero-order valence-electron chi connectivity index (χ0n) is 14.3. The maximum atomic E-state index is 12.5. The van der Waals surface area contributed by atoms with Gasteiger partial charge in [-0.2, -0.15) is 9.50 Å². The van der Waals surface area contributed by atoms with Crippen LogP contribution in [0.25, 0.3) is 5.78 Å². The maximum absolute atomic E-state index is 12.5. The Balaban J connectivity index is 1.99. The first-order chi connectivity index (χ1) is 12.0. The smallest absolute Gasteiger partial charge is 0.274 e. The summed E-state index contributed by atoms with van der Waals surface area (Å²) < 4.78 is 6.24. The predicted octanol–water partition coefficient (Wildman–Crippen LogP) is 1.21. The first kappa shape index (κ1) is 16.8. The molecule has 0 spiro atoms. The van der Waals surface area contributed by atoms with E-state index in [2.05, 4.69) is 15.1 Å². The number of hydrogen-bond acceptors (Lipinski definition) is 5. The highest BCUT2D eigenvalue weighted by Crippen LogP contribution is 2.18. The van der Waals surface area contributed by atoms with Gasteiger partial charge >= 0.3 is 0 Å². The fourth-order valence-corrected chi connectivity index (χ4v) is 2.58. The van der Waals surface area contributed by atoms with E-state index in [4.69, 9.17) is 4.74 Å². The van der Waals surface area contributed by atoms with Crippen LogP contribution in [0, 0.1) is 13.8 Å². The Morgan fingerprint density at radius 3 is 2.80 bits per heavy atom. The molecule has 0 aliphatic carbocycles. The summed E-state index contributed by atoms with van der Waals surface area (Å²) in [5, 5.41) is 2.90. The molecule has 0 saturated heterocycles. The van der Waals surface area contributed by atoms with E-state index in [0.29, 0.717) is 11.5 Å². The third-order valence-corrected chi connectivity index (χ3v) is 3.69. The van der Waals surface area contributed by atoms with Crippen molar-refractivity contribution in [2.45, 2.75) is 20.4 Å². The molecule has 2 heterocycles. The lowest BCUT2D eigenvalue weighted by atomic mass is 10.2. The number of anilines is 1. The molecule has 130 valence electrons. The Morgan fingerprint density at radius 1 is 1.28 bits per heavy atom. The van der Waals surface area contributed by atoms with Crippen molar-refractivity contribution in [3.05, 3.63) is 57.8 Å². The highest BCUT2D eigenvalue weighted by Gasteiger charge is 2.18. The molecule has 3 aromatic rings. The summed E-state index contributed by atoms with van der Waals surface area (Å²) in [7, 11) is 1.47. The number of aromatic nitrogens is 4. The lowest BCUT2D eigenvalue weighted by Gasteiger charge is -2.21. The van der Waals surface area contributed by atoms with Crippen molar-refractivity contribution in [3.63, 3.8) is 0 Å². The Hall–Kier alpha value is -3.00. The normalized spacial score (nSPS) is 11.0. The van der Waals surface area contributed by atoms with E-state index in [1.54, 1.807) is 11.8 Å². The second kappa shape index (κ2) is 6.86. The van der Waals surface area contributed by atoms with E-state index < -0.39 is 0 Å². The number of amides is 1. The van der Waals surface area contributed by atoms with Gasteiger partial charge in [0.15, 0.2) is 0 Å². The average molecular weight is 341 g/mol. The second-order valence-corrected chi connectivity index (χ2v) is 5.79. The molecule has 25 heavy (non-hydrogen) atoms. The van der Waals surface area contributed by atoms with Crippen LogP contribution in [-0.2, 0) is 16.1 Å². The number of rotatable bonds is 5. The largest absolute Gasteiger partial charge is 0.375 e. The minimum absolute atomic E-state index is 0.0501. The number of aromatic amines is 1. The van der Waals surface area contributed by atoms with Crippen LogP contribution in [0.4, 0.5) is 5.69 Å². The number of nitrogens with one attached hydrogen (secondary N) is 1. The Labute approximate surface area is 144 Å². The number of nitrogens with zero attached hydrogens (tertiary/aromatic N) is 4. The number of methoxy groups -OCH3 is 1. The maximum Gasteiger partial charge on any atom is 0.274 e. The number of H-pyrrole nitrogens is 1. The van der Waals surface area contributed by atoms with Crippen LogP contribution < -0.4 is 10.5 Å². The molecule has 3 rings (SSSR count). The molecular formula is C17H19N5O3. The van der Waals surface area contributed by atoms with Crippen molar-refractivity contribution in [1.82, 2.24) is 19.6 Å². The number of carbonyl (C=O) groups excluding carboxylic acids is 1. The van der Waals surface area contributed by atoms with Crippen molar-refractivity contribution in [3.8, 4) is 0 Å². The van der Waals surface area contributed by atoms with Crippen LogP contribution in [0.3, 0.4) is 0 Å². The highest BCUT2D eigenvalue weighted by atomic mass is 16.5. The predicted molar refractivity (Wildman–Crippen MR) is 92.6 cm³/mol. The standard InChI is InChI=1S/C17H19N5O3/c1-11-5-4-6-13(7-11)21(16(24)10-25-3)9-14-19-17-18-12(2)8-15(23)22(17)20-14/h4-8H,9-10H2,1-3H3,(H,18,19,20). The van der Waals surface area contributed by atoms with Gasteiger partial charge in [0.25, 0.3) is 17.2 Å². The molecule has 0 fully saturated rings. The number of ether oxygens (including phenoxy) is 1. The summed E-state index contributed by atoms with van der Waals surface area (Å²) in [5.41, 5.74) is 2.12. The zero-order valence-corrected chi connectivity index (χ0v) is 14.3. The van der Waals surface area contributed by atoms with Crippen molar-refractivity contribution in [2.75, 3.05) is 18.6 Å². The summed E-state index contributed by atoms with van der Waals surface area (Å²) in [4.78, 5) is 34.6. The second-order valence-electron chi connectivity index (χ2n) is 5.79. The SMILES string of the molecule is COCC(=O)N(Cc1nc2nc(C)cc(=O)n2[nH]1)c1cccc(C)c1. The van der Waals surface area contributed by atoms with Gasteiger partial charge in [-0.3, -0.25) is 14.7 Å². The summed E-state index contributed by atoms with van der Waals surface area (Å²) in [6.07, 6.45) is 0. The first-order valence-corrected chi connectivity index (χ1v) is 7.79. The van der Waals surface area contributed by atoms with E-state index in [1.165, 1.54) is 17.7 Å². The summed E-state index contributed by atoms with van der Waals surface area (Å²) >= 11 is 0. The lowest BCUT2D eigenvalue weighted by molar-refractivity contribution is -0.122. The van der Waals surface area contributed by atoms with Crippen LogP contribution in [0.5, 0.6) is 0 Å². The van der Waals surface area contributed by atoms with Gasteiger partial charge < -0.3 is 9.64 Å². The summed E-state index contributed by atoms with van der Waals surface area (Å²) in [5.74, 6) is 0.537. The van der Waals surface area contributed by atoms with Crippen molar-refractivity contribution in [1.29, 1.82) is 0 Å². The zero-order chi connectivity index (χ0) is 18.0. The van der Waals surface area contributed by atoms with E-state index in [9.17, 15) is 9.59 Å². The van der Waals surface area contributed by atoms with Crippen LogP contribution >= 0.6 is 0 Å². The molecule has 0 aliphatic rings. The number of benzene rings is 1. The van der Waals surface area contributed by atoms with E-state index in [0.717, 1.165) is 11.3 Å².